The SMILES string of the molecule is CC(=O)N1CCC2(CC1)Oc1cc(O)ccc1C1C2=CCn2c(=O)n(-c3ccccc3)c(=O)n21.CCCC(=O)N1CCC2(CC1)Oc1cc(O)ccc1C1C2=CCn2c(=O)n(-c3ccccc3)c(=O)n21.CCCN1CCC2(CC1)Oc1cc(O)ccc1C1C2=CCn2c(=O)n(-c3ccccc3)c(=O)n21.O=c1n(-c2ccccc2)c(=O)n2n1CC=C1C2c2ccc(O)cc2OC12CCNCC2. The molecule has 16 heterocycles. The number of rotatable bonds is 8. The normalized spacial score (nSPS) is 20.3. The number of likely N-dealkylation sites (tertiary alicyclic amines) is 3. The van der Waals surface area contributed by atoms with Gasteiger partial charge in [0, 0.05) is 173 Å². The third-order valence-electron chi connectivity index (χ3n) is 28.9. The van der Waals surface area contributed by atoms with E-state index in [2.05, 4.69) is 23.2 Å². The molecule has 34 nitrogen and oxygen atoms in total. The van der Waals surface area contributed by atoms with Crippen molar-refractivity contribution in [3.63, 3.8) is 0 Å². The first-order valence-corrected chi connectivity index (χ1v) is 46.3. The maximum atomic E-state index is 13.8. The molecule has 12 aromatic rings. The van der Waals surface area contributed by atoms with Gasteiger partial charge in [0.05, 0.1) is 48.9 Å². The summed E-state index contributed by atoms with van der Waals surface area (Å²) >= 11 is 0. The van der Waals surface area contributed by atoms with Crippen molar-refractivity contribution in [2.75, 3.05) is 58.9 Å². The molecule has 0 aliphatic carbocycles. The van der Waals surface area contributed by atoms with Crippen LogP contribution in [-0.2, 0) is 35.8 Å². The Kier molecular flexibility index (Phi) is 21.8. The number of hydrogen-bond acceptors (Lipinski definition) is 20. The zero-order valence-electron chi connectivity index (χ0n) is 74.8. The third kappa shape index (κ3) is 14.3. The first kappa shape index (κ1) is 86.6. The zero-order chi connectivity index (χ0) is 93.3. The number of piperidine rings is 4. The summed E-state index contributed by atoms with van der Waals surface area (Å²) in [6.45, 7) is 13.4. The van der Waals surface area contributed by atoms with Gasteiger partial charge in [0.2, 0.25) is 11.8 Å². The average molecular weight is 1830 g/mol. The van der Waals surface area contributed by atoms with Crippen LogP contribution in [0.5, 0.6) is 46.0 Å². The van der Waals surface area contributed by atoms with Gasteiger partial charge >= 0.3 is 45.5 Å². The number of fused-ring (bicyclic) bond motifs is 24. The van der Waals surface area contributed by atoms with Gasteiger partial charge in [-0.05, 0) is 130 Å². The molecule has 4 spiro atoms. The summed E-state index contributed by atoms with van der Waals surface area (Å²) in [5.41, 5.74) is 3.29. The van der Waals surface area contributed by atoms with E-state index in [1.54, 1.807) is 167 Å². The van der Waals surface area contributed by atoms with Gasteiger partial charge in [-0.2, -0.15) is 0 Å². The predicted octanol–water partition coefficient (Wildman–Crippen LogP) is 8.62. The van der Waals surface area contributed by atoms with Crippen LogP contribution >= 0.6 is 0 Å². The van der Waals surface area contributed by atoms with Crippen molar-refractivity contribution in [1.82, 2.24) is 75.7 Å². The molecule has 4 aromatic heterocycles. The number of hydrogen-bond donors (Lipinski definition) is 5. The van der Waals surface area contributed by atoms with E-state index in [4.69, 9.17) is 18.9 Å². The number of nitrogens with zero attached hydrogens (tertiary/aromatic N) is 15. The van der Waals surface area contributed by atoms with Crippen molar-refractivity contribution < 1.29 is 49.0 Å². The second-order valence-corrected chi connectivity index (χ2v) is 36.4. The fraction of sp³-hybridized carbons (Fsp3) is 0.347. The highest BCUT2D eigenvalue weighted by Crippen LogP contribution is 2.56. The molecule has 4 saturated heterocycles. The van der Waals surface area contributed by atoms with Gasteiger partial charge < -0.3 is 59.4 Å². The van der Waals surface area contributed by atoms with Gasteiger partial charge in [0.1, 0.15) is 92.6 Å². The first-order chi connectivity index (χ1) is 65.4. The fourth-order valence-corrected chi connectivity index (χ4v) is 22.4. The molecule has 8 aromatic carbocycles. The fourth-order valence-electron chi connectivity index (χ4n) is 22.4. The van der Waals surface area contributed by atoms with Crippen LogP contribution in [0.15, 0.2) is 279 Å². The van der Waals surface area contributed by atoms with Crippen molar-refractivity contribution in [1.29, 1.82) is 0 Å². The van der Waals surface area contributed by atoms with Crippen LogP contribution in [-0.4, -0.2) is 184 Å². The zero-order valence-corrected chi connectivity index (χ0v) is 74.8. The molecule has 135 heavy (non-hydrogen) atoms. The minimum atomic E-state index is -0.732. The molecule has 2 amide bonds. The highest BCUT2D eigenvalue weighted by atomic mass is 16.5. The van der Waals surface area contributed by atoms with Crippen LogP contribution in [0.4, 0.5) is 0 Å². The number of allylic oxidation sites excluding steroid dienone is 4. The van der Waals surface area contributed by atoms with Crippen LogP contribution in [0.3, 0.4) is 0 Å². The lowest BCUT2D eigenvalue weighted by Gasteiger charge is -2.49. The number of nitrogens with one attached hydrogen (secondary N) is 1. The molecule has 0 saturated carbocycles. The Bertz CT molecular complexity index is 7400. The summed E-state index contributed by atoms with van der Waals surface area (Å²) in [6, 6.07) is 53.6. The molecule has 5 N–H and O–H groups in total. The number of aromatic nitrogens is 12. The van der Waals surface area contributed by atoms with E-state index in [9.17, 15) is 68.4 Å². The Hall–Kier alpha value is -15.1. The minimum absolute atomic E-state index is 0.0165. The Morgan fingerprint density at radius 3 is 0.874 bits per heavy atom. The quantitative estimate of drug-likeness (QED) is 0.0888. The van der Waals surface area contributed by atoms with E-state index in [1.807, 2.05) is 78.6 Å². The van der Waals surface area contributed by atoms with Gasteiger partial charge in [-0.1, -0.05) is 111 Å². The summed E-state index contributed by atoms with van der Waals surface area (Å²) in [5, 5.41) is 44.0. The number of para-hydroxylation sites is 4. The molecular weight excluding hydrogens is 1730 g/mol. The Balaban J connectivity index is 0.000000108. The van der Waals surface area contributed by atoms with Crippen molar-refractivity contribution in [2.24, 2.45) is 0 Å². The first-order valence-electron chi connectivity index (χ1n) is 46.3. The smallest absolute Gasteiger partial charge is 0.352 e. The molecule has 24 rings (SSSR count). The number of carbonyl (C=O) groups is 2. The number of benzene rings is 8. The molecule has 12 aliphatic heterocycles. The molecule has 4 fully saturated rings. The van der Waals surface area contributed by atoms with E-state index in [0.717, 1.165) is 110 Å². The molecule has 12 aliphatic rings. The Labute approximate surface area is 771 Å². The Morgan fingerprint density at radius 1 is 0.341 bits per heavy atom. The lowest BCUT2D eigenvalue weighted by molar-refractivity contribution is -0.134. The molecule has 694 valence electrons. The second-order valence-electron chi connectivity index (χ2n) is 36.4. The van der Waals surface area contributed by atoms with Crippen LogP contribution in [0.1, 0.15) is 138 Å². The highest BCUT2D eigenvalue weighted by Gasteiger charge is 2.56. The number of phenolic OH excluding ortho intramolecular Hbond substituents is 4. The molecule has 4 unspecified atom stereocenters. The number of amides is 2. The third-order valence-corrected chi connectivity index (χ3v) is 28.9. The highest BCUT2D eigenvalue weighted by molar-refractivity contribution is 5.76. The molecule has 4 atom stereocenters. The van der Waals surface area contributed by atoms with Crippen LogP contribution in [0.2, 0.25) is 0 Å². The summed E-state index contributed by atoms with van der Waals surface area (Å²) in [4.78, 5) is 139. The van der Waals surface area contributed by atoms with E-state index < -0.39 is 69.3 Å². The van der Waals surface area contributed by atoms with Crippen LogP contribution < -0.4 is 69.8 Å². The average Bonchev–Trinajstić information content (AvgIpc) is 1.65. The summed E-state index contributed by atoms with van der Waals surface area (Å²) in [5.74, 6) is 2.62. The maximum absolute atomic E-state index is 13.8. The van der Waals surface area contributed by atoms with Gasteiger partial charge in [0.15, 0.2) is 0 Å². The lowest BCUT2D eigenvalue weighted by atomic mass is 9.75. The second kappa shape index (κ2) is 33.9. The monoisotopic (exact) mass is 1830 g/mol. The summed E-state index contributed by atoms with van der Waals surface area (Å²) < 4.78 is 43.3. The van der Waals surface area contributed by atoms with E-state index >= 15 is 0 Å². The standard InChI is InChI=1S/C27H28N4O5.C26H28N4O4.C25H24N4O5.C23H22N4O4/c1-2-6-23(33)28-15-12-27(13-16-28)21-11-14-29-25(34)30(18-7-4-3-5-8-18)26(35)31(29)24(21)20-10-9-19(32)17-22(20)36-27;1-2-13-27-15-11-26(12-16-27)21-10-14-28-24(32)29(18-6-4-3-5-7-18)25(33)30(28)23(21)20-9-8-19(31)17-22(20)34-26;1-16(30)26-13-10-25(11-14-26)20-9-12-27-23(32)28(17-5-3-2-4-6-17)24(33)29(27)22(20)19-8-7-18(31)15-21(19)34-25;28-16-6-7-17-19(14-16)31-23(9-11-24-12-10-23)18-8-13-25-21(29)26(15-4-2-1-3-5-15)22(30)27(25)20(17)18/h3-5,7-11,17,24,32H,2,6,12-16H2,1H3;3-10,17,23,31H,2,11-16H2,1H3;2-9,15,22,31H,10-14H2,1H3;1-8,14,20,24,28H,9-13H2. The number of aromatic hydroxyl groups is 4. The maximum Gasteiger partial charge on any atom is 0.352 e. The van der Waals surface area contributed by atoms with Gasteiger partial charge in [-0.25, -0.2) is 94.1 Å². The number of ether oxygens (including phenoxy) is 4. The predicted molar refractivity (Wildman–Crippen MR) is 498 cm³/mol. The van der Waals surface area contributed by atoms with E-state index in [-0.39, 0.29) is 70.7 Å². The number of carbonyl (C=O) groups excluding carboxylic acids is 2. The van der Waals surface area contributed by atoms with Gasteiger partial charge in [0.25, 0.3) is 0 Å². The van der Waals surface area contributed by atoms with E-state index in [0.29, 0.717) is 123 Å². The number of phenols is 4. The Morgan fingerprint density at radius 2 is 0.607 bits per heavy atom. The van der Waals surface area contributed by atoms with Crippen molar-refractivity contribution in [2.45, 2.75) is 164 Å². The summed E-state index contributed by atoms with van der Waals surface area (Å²) in [7, 11) is 0. The molecular formula is C101H102N16O18. The van der Waals surface area contributed by atoms with Crippen LogP contribution in [0.25, 0.3) is 22.7 Å². The van der Waals surface area contributed by atoms with Gasteiger partial charge in [-0.3, -0.25) is 9.59 Å². The van der Waals surface area contributed by atoms with Gasteiger partial charge in [-0.15, -0.1) is 0 Å². The lowest BCUT2D eigenvalue weighted by Crippen LogP contribution is -2.55. The van der Waals surface area contributed by atoms with Crippen molar-refractivity contribution in [3.05, 3.63) is 347 Å². The van der Waals surface area contributed by atoms with Crippen molar-refractivity contribution >= 4 is 11.8 Å². The molecule has 34 heteroatoms. The minimum Gasteiger partial charge on any atom is -0.508 e. The van der Waals surface area contributed by atoms with Crippen LogP contribution in [0, 0.1) is 0 Å². The molecule has 0 radical (unpaired) electrons. The van der Waals surface area contributed by atoms with Crippen molar-refractivity contribution in [3.8, 4) is 68.7 Å². The summed E-state index contributed by atoms with van der Waals surface area (Å²) in [6.07, 6.45) is 15.9. The molecule has 0 bridgehead atoms. The largest absolute Gasteiger partial charge is 0.508 e. The van der Waals surface area contributed by atoms with E-state index in [1.165, 1.54) is 46.4 Å². The topological polar surface area (TPSA) is 369 Å².